The van der Waals surface area contributed by atoms with Crippen molar-refractivity contribution in [2.45, 2.75) is 95.8 Å². The first kappa shape index (κ1) is 36.4. The summed E-state index contributed by atoms with van der Waals surface area (Å²) in [5, 5.41) is 0.174. The zero-order valence-electron chi connectivity index (χ0n) is 29.1. The molecule has 0 saturated heterocycles. The van der Waals surface area contributed by atoms with Crippen molar-refractivity contribution in [2.24, 2.45) is 22.1 Å². The zero-order valence-corrected chi connectivity index (χ0v) is 30.7. The summed E-state index contributed by atoms with van der Waals surface area (Å²) in [7, 11) is -1.62. The number of aryl methyl sites for hydroxylation is 1. The van der Waals surface area contributed by atoms with Crippen LogP contribution in [-0.4, -0.2) is 54.2 Å². The molecule has 0 aromatic heterocycles. The molecule has 10 heteroatoms. The highest BCUT2D eigenvalue weighted by atomic mass is 35.5. The van der Waals surface area contributed by atoms with Gasteiger partial charge in [-0.1, -0.05) is 44.5 Å². The van der Waals surface area contributed by atoms with Gasteiger partial charge in [-0.25, -0.2) is 4.21 Å². The fraction of sp³-hybridized carbons (Fsp3) is 0.579. The van der Waals surface area contributed by atoms with E-state index in [0.29, 0.717) is 36.2 Å². The van der Waals surface area contributed by atoms with Gasteiger partial charge in [0.25, 0.3) is 5.91 Å². The number of ether oxygens (including phenoxy) is 2. The maximum Gasteiger partial charge on any atom is 0.286 e. The smallest absolute Gasteiger partial charge is 0.286 e. The Labute approximate surface area is 292 Å². The molecule has 1 aliphatic heterocycles. The second kappa shape index (κ2) is 15.3. The van der Waals surface area contributed by atoms with Crippen molar-refractivity contribution in [1.82, 2.24) is 4.72 Å². The monoisotopic (exact) mass is 697 g/mol. The summed E-state index contributed by atoms with van der Waals surface area (Å²) in [5.41, 5.74) is 3.46. The third kappa shape index (κ3) is 7.48. The van der Waals surface area contributed by atoms with Crippen LogP contribution in [0.25, 0.3) is 0 Å². The molecule has 1 heterocycles. The molecule has 2 aromatic carbocycles. The van der Waals surface area contributed by atoms with Gasteiger partial charge >= 0.3 is 0 Å². The van der Waals surface area contributed by atoms with Crippen LogP contribution in [0.2, 0.25) is 5.02 Å². The van der Waals surface area contributed by atoms with Gasteiger partial charge in [0.15, 0.2) is 0 Å². The van der Waals surface area contributed by atoms with E-state index < -0.39 is 27.0 Å². The van der Waals surface area contributed by atoms with E-state index >= 15 is 0 Å². The largest absolute Gasteiger partial charge is 0.490 e. The normalized spacial score (nSPS) is 24.8. The molecule has 48 heavy (non-hydrogen) atoms. The third-order valence-corrected chi connectivity index (χ3v) is 13.7. The van der Waals surface area contributed by atoms with Crippen LogP contribution in [-0.2, 0) is 31.3 Å². The zero-order chi connectivity index (χ0) is 34.6. The standard InChI is InChI=1S/C38H52ClN3O5S/c1-7-11-25(4)26(5)48(45,40-36(43)9-3)41-37(44)28-14-18-35-33(21-28)42(22-29-13-16-31(29)34(8-2)46-6)23-38(24-47-35)19-10-12-27-20-30(39)15-17-32(27)38/h7,14-15,17-18,20-21,25-26,29,31,34H,1,8-13,16,19,22-24H2,2-6H3,(H,40,41,43,44,45)/t25-,26+,29-,31+,34-,38-,48?/m0/s1. The number of amides is 2. The van der Waals surface area contributed by atoms with Crippen LogP contribution in [0.15, 0.2) is 53.4 Å². The quantitative estimate of drug-likeness (QED) is 0.227. The summed E-state index contributed by atoms with van der Waals surface area (Å²) in [6, 6.07) is 11.6. The minimum absolute atomic E-state index is 0.112. The summed E-state index contributed by atoms with van der Waals surface area (Å²) in [5.74, 6) is 0.467. The van der Waals surface area contributed by atoms with Gasteiger partial charge in [-0.05, 0) is 111 Å². The summed E-state index contributed by atoms with van der Waals surface area (Å²) in [4.78, 5) is 28.8. The Bertz CT molecular complexity index is 1630. The molecule has 5 rings (SSSR count). The van der Waals surface area contributed by atoms with Crippen LogP contribution in [0.3, 0.4) is 0 Å². The van der Waals surface area contributed by atoms with Crippen LogP contribution in [0.5, 0.6) is 5.75 Å². The lowest BCUT2D eigenvalue weighted by atomic mass is 9.68. The molecule has 1 saturated carbocycles. The topological polar surface area (TPSA) is 97.3 Å². The Morgan fingerprint density at radius 1 is 1.23 bits per heavy atom. The van der Waals surface area contributed by atoms with Crippen molar-refractivity contribution in [2.75, 3.05) is 31.7 Å². The first-order chi connectivity index (χ1) is 23.0. The second-order valence-electron chi connectivity index (χ2n) is 14.0. The van der Waals surface area contributed by atoms with E-state index in [4.69, 9.17) is 21.1 Å². The number of rotatable bonds is 12. The number of allylic oxidation sites excluding steroid dienone is 1. The number of methoxy groups -OCH3 is 1. The fourth-order valence-electron chi connectivity index (χ4n) is 7.86. The second-order valence-corrected chi connectivity index (χ2v) is 16.7. The van der Waals surface area contributed by atoms with Gasteiger partial charge in [0.05, 0.1) is 23.6 Å². The highest BCUT2D eigenvalue weighted by Crippen LogP contribution is 2.47. The molecule has 2 amide bonds. The average Bonchev–Trinajstić information content (AvgIpc) is 3.21. The van der Waals surface area contributed by atoms with Crippen LogP contribution in [0.4, 0.5) is 5.69 Å². The third-order valence-electron chi connectivity index (χ3n) is 11.0. The van der Waals surface area contributed by atoms with Gasteiger partial charge in [0, 0.05) is 42.6 Å². The van der Waals surface area contributed by atoms with Crippen molar-refractivity contribution < 1.29 is 23.3 Å². The van der Waals surface area contributed by atoms with E-state index in [9.17, 15) is 13.8 Å². The van der Waals surface area contributed by atoms with Crippen LogP contribution in [0.1, 0.15) is 94.1 Å². The fourth-order valence-corrected chi connectivity index (χ4v) is 10.0. The number of carbonyl (C=O) groups excluding carboxylic acids is 2. The molecule has 1 fully saturated rings. The van der Waals surface area contributed by atoms with E-state index in [1.54, 1.807) is 33.1 Å². The van der Waals surface area contributed by atoms with Gasteiger partial charge in [-0.3, -0.25) is 14.3 Å². The van der Waals surface area contributed by atoms with E-state index in [1.165, 1.54) is 11.1 Å². The predicted octanol–water partition coefficient (Wildman–Crippen LogP) is 7.91. The van der Waals surface area contributed by atoms with Crippen molar-refractivity contribution in [3.8, 4) is 5.75 Å². The molecule has 2 aromatic rings. The van der Waals surface area contributed by atoms with E-state index in [1.807, 2.05) is 25.1 Å². The first-order valence-electron chi connectivity index (χ1n) is 17.5. The molecular formula is C38H52ClN3O5S. The summed E-state index contributed by atoms with van der Waals surface area (Å²) < 4.78 is 33.6. The Morgan fingerprint density at radius 2 is 2.02 bits per heavy atom. The summed E-state index contributed by atoms with van der Waals surface area (Å²) in [6.45, 7) is 13.4. The van der Waals surface area contributed by atoms with Crippen molar-refractivity contribution >= 4 is 39.0 Å². The van der Waals surface area contributed by atoms with Crippen LogP contribution in [0, 0.1) is 17.8 Å². The Morgan fingerprint density at radius 3 is 2.69 bits per heavy atom. The van der Waals surface area contributed by atoms with Crippen molar-refractivity contribution in [3.63, 3.8) is 0 Å². The molecule has 1 unspecified atom stereocenters. The molecule has 1 N–H and O–H groups in total. The number of nitrogens with zero attached hydrogens (tertiary/aromatic N) is 2. The predicted molar refractivity (Wildman–Crippen MR) is 194 cm³/mol. The van der Waals surface area contributed by atoms with Gasteiger partial charge in [-0.2, -0.15) is 0 Å². The van der Waals surface area contributed by atoms with Crippen molar-refractivity contribution in [3.05, 3.63) is 70.8 Å². The molecule has 2 aliphatic carbocycles. The summed E-state index contributed by atoms with van der Waals surface area (Å²) in [6.07, 6.45) is 8.90. The minimum Gasteiger partial charge on any atom is -0.490 e. The number of hydrogen-bond acceptors (Lipinski definition) is 6. The SMILES string of the molecule is C=CC[C@H](C)[C@@H](C)S(=O)(=NC(=O)c1ccc2c(c1)N(C[C@@H]1CC[C@H]1[C@H](CC)OC)C[C@@]1(CCCc3cc(Cl)ccc31)CO2)NC(=O)CC. The number of carbonyl (C=O) groups is 2. The highest BCUT2D eigenvalue weighted by molar-refractivity contribution is 7.93. The molecule has 1 spiro atoms. The highest BCUT2D eigenvalue weighted by Gasteiger charge is 2.44. The Hall–Kier alpha value is -2.88. The first-order valence-corrected chi connectivity index (χ1v) is 19.5. The number of anilines is 1. The molecule has 0 bridgehead atoms. The van der Waals surface area contributed by atoms with Gasteiger partial charge in [0.2, 0.25) is 5.91 Å². The molecule has 8 nitrogen and oxygen atoms in total. The number of benzene rings is 2. The van der Waals surface area contributed by atoms with Crippen molar-refractivity contribution in [1.29, 1.82) is 0 Å². The van der Waals surface area contributed by atoms with E-state index in [0.717, 1.165) is 62.3 Å². The molecule has 262 valence electrons. The molecule has 7 atom stereocenters. The molecule has 0 radical (unpaired) electrons. The number of nitrogens with one attached hydrogen (secondary N) is 1. The molecular weight excluding hydrogens is 646 g/mol. The van der Waals surface area contributed by atoms with Gasteiger partial charge in [-0.15, -0.1) is 10.9 Å². The van der Waals surface area contributed by atoms with E-state index in [2.05, 4.69) is 39.6 Å². The maximum atomic E-state index is 14.2. The molecule has 3 aliphatic rings. The number of halogens is 1. The lowest BCUT2D eigenvalue weighted by Gasteiger charge is -2.46. The maximum absolute atomic E-state index is 14.2. The lowest BCUT2D eigenvalue weighted by molar-refractivity contribution is -0.119. The lowest BCUT2D eigenvalue weighted by Crippen LogP contribution is -2.49. The number of fused-ring (bicyclic) bond motifs is 3. The van der Waals surface area contributed by atoms with Crippen LogP contribution >= 0.6 is 11.6 Å². The number of hydrogen-bond donors (Lipinski definition) is 1. The minimum atomic E-state index is -3.43. The average molecular weight is 698 g/mol. The van der Waals surface area contributed by atoms with Gasteiger partial charge in [0.1, 0.15) is 15.7 Å². The Balaban J connectivity index is 1.55. The van der Waals surface area contributed by atoms with Crippen LogP contribution < -0.4 is 14.4 Å². The van der Waals surface area contributed by atoms with E-state index in [-0.39, 0.29) is 23.9 Å². The Kier molecular flexibility index (Phi) is 11.6. The summed E-state index contributed by atoms with van der Waals surface area (Å²) >= 11 is 6.45. The van der Waals surface area contributed by atoms with Gasteiger partial charge < -0.3 is 14.4 Å².